The van der Waals surface area contributed by atoms with Gasteiger partial charge in [-0.15, -0.1) is 0 Å². The van der Waals surface area contributed by atoms with Crippen molar-refractivity contribution in [3.63, 3.8) is 0 Å². The van der Waals surface area contributed by atoms with E-state index in [-0.39, 0.29) is 5.82 Å². The van der Waals surface area contributed by atoms with Crippen molar-refractivity contribution in [1.29, 1.82) is 0 Å². The standard InChI is InChI=1S/C21H16ClFO2/c1-14(21(24)25-18-9-5-8-17(22)13-18)16-10-11-19(20(23)12-16)15-6-3-2-4-7-15/h2-14H,1H3. The van der Waals surface area contributed by atoms with Gasteiger partial charge in [0.2, 0.25) is 0 Å². The molecule has 3 rings (SSSR count). The number of carbonyl (C=O) groups excluding carboxylic acids is 1. The number of halogens is 2. The van der Waals surface area contributed by atoms with E-state index in [1.807, 2.05) is 30.3 Å². The summed E-state index contributed by atoms with van der Waals surface area (Å²) in [5.74, 6) is -1.07. The lowest BCUT2D eigenvalue weighted by atomic mass is 9.97. The highest BCUT2D eigenvalue weighted by Crippen LogP contribution is 2.27. The number of hydrogen-bond donors (Lipinski definition) is 0. The average Bonchev–Trinajstić information content (AvgIpc) is 2.61. The van der Waals surface area contributed by atoms with E-state index in [4.69, 9.17) is 16.3 Å². The van der Waals surface area contributed by atoms with Crippen LogP contribution in [0.15, 0.2) is 72.8 Å². The average molecular weight is 355 g/mol. The number of ether oxygens (including phenoxy) is 1. The number of hydrogen-bond acceptors (Lipinski definition) is 2. The summed E-state index contributed by atoms with van der Waals surface area (Å²) >= 11 is 5.88. The van der Waals surface area contributed by atoms with Crippen molar-refractivity contribution in [3.8, 4) is 16.9 Å². The van der Waals surface area contributed by atoms with Crippen LogP contribution in [0.2, 0.25) is 5.02 Å². The summed E-state index contributed by atoms with van der Waals surface area (Å²) in [5, 5.41) is 0.483. The lowest BCUT2D eigenvalue weighted by Gasteiger charge is -2.13. The number of esters is 1. The lowest BCUT2D eigenvalue weighted by molar-refractivity contribution is -0.135. The van der Waals surface area contributed by atoms with Crippen LogP contribution in [0.1, 0.15) is 18.4 Å². The Morgan fingerprint density at radius 2 is 1.76 bits per heavy atom. The van der Waals surface area contributed by atoms with E-state index in [0.29, 0.717) is 21.9 Å². The van der Waals surface area contributed by atoms with E-state index in [0.717, 1.165) is 5.56 Å². The normalized spacial score (nSPS) is 11.8. The summed E-state index contributed by atoms with van der Waals surface area (Å²) in [5.41, 5.74) is 1.85. The Bertz CT molecular complexity index is 893. The first-order valence-electron chi connectivity index (χ1n) is 7.87. The molecule has 126 valence electrons. The second-order valence-electron chi connectivity index (χ2n) is 5.71. The molecular weight excluding hydrogens is 339 g/mol. The van der Waals surface area contributed by atoms with Crippen LogP contribution in [0.5, 0.6) is 5.75 Å². The van der Waals surface area contributed by atoms with Gasteiger partial charge in [-0.2, -0.15) is 0 Å². The molecule has 0 spiro atoms. The van der Waals surface area contributed by atoms with Crippen LogP contribution in [0.25, 0.3) is 11.1 Å². The number of carbonyl (C=O) groups is 1. The molecule has 2 nitrogen and oxygen atoms in total. The Labute approximate surface area is 150 Å². The summed E-state index contributed by atoms with van der Waals surface area (Å²) in [6.45, 7) is 1.68. The smallest absolute Gasteiger partial charge is 0.318 e. The second-order valence-corrected chi connectivity index (χ2v) is 6.14. The van der Waals surface area contributed by atoms with E-state index in [1.165, 1.54) is 6.07 Å². The molecule has 1 atom stereocenters. The molecule has 0 N–H and O–H groups in total. The molecule has 0 aliphatic rings. The third-order valence-electron chi connectivity index (χ3n) is 3.95. The highest BCUT2D eigenvalue weighted by atomic mass is 35.5. The predicted molar refractivity (Wildman–Crippen MR) is 97.3 cm³/mol. The van der Waals surface area contributed by atoms with Gasteiger partial charge in [-0.25, -0.2) is 4.39 Å². The lowest BCUT2D eigenvalue weighted by Crippen LogP contribution is -2.16. The zero-order valence-electron chi connectivity index (χ0n) is 13.6. The van der Waals surface area contributed by atoms with Crippen molar-refractivity contribution in [1.82, 2.24) is 0 Å². The fourth-order valence-electron chi connectivity index (χ4n) is 2.52. The molecule has 0 aliphatic heterocycles. The van der Waals surface area contributed by atoms with E-state index in [2.05, 4.69) is 0 Å². The van der Waals surface area contributed by atoms with Crippen LogP contribution in [-0.2, 0) is 4.79 Å². The Hall–Kier alpha value is -2.65. The van der Waals surface area contributed by atoms with Crippen LogP contribution in [-0.4, -0.2) is 5.97 Å². The Balaban J connectivity index is 1.79. The molecule has 0 radical (unpaired) electrons. The van der Waals surface area contributed by atoms with E-state index in [1.54, 1.807) is 43.3 Å². The van der Waals surface area contributed by atoms with E-state index >= 15 is 0 Å². The quantitative estimate of drug-likeness (QED) is 0.433. The molecule has 3 aromatic rings. The molecule has 0 bridgehead atoms. The molecule has 25 heavy (non-hydrogen) atoms. The first-order chi connectivity index (χ1) is 12.0. The van der Waals surface area contributed by atoms with Crippen molar-refractivity contribution in [2.45, 2.75) is 12.8 Å². The van der Waals surface area contributed by atoms with Gasteiger partial charge in [0, 0.05) is 10.6 Å². The van der Waals surface area contributed by atoms with Crippen molar-refractivity contribution in [2.75, 3.05) is 0 Å². The molecule has 0 saturated carbocycles. The van der Waals surface area contributed by atoms with Gasteiger partial charge in [0.05, 0.1) is 5.92 Å². The fraction of sp³-hybridized carbons (Fsp3) is 0.0952. The molecule has 4 heteroatoms. The molecule has 0 amide bonds. The first kappa shape index (κ1) is 17.2. The summed E-state index contributed by atoms with van der Waals surface area (Å²) < 4.78 is 19.8. The van der Waals surface area contributed by atoms with Crippen molar-refractivity contribution in [3.05, 3.63) is 89.2 Å². The summed E-state index contributed by atoms with van der Waals surface area (Å²) in [6.07, 6.45) is 0. The van der Waals surface area contributed by atoms with Crippen molar-refractivity contribution < 1.29 is 13.9 Å². The van der Waals surface area contributed by atoms with Gasteiger partial charge in [-0.05, 0) is 42.3 Å². The summed E-state index contributed by atoms with van der Waals surface area (Å²) in [6, 6.07) is 20.7. The summed E-state index contributed by atoms with van der Waals surface area (Å²) in [4.78, 5) is 12.3. The Kier molecular flexibility index (Phi) is 5.15. The van der Waals surface area contributed by atoms with Crippen molar-refractivity contribution >= 4 is 17.6 Å². The van der Waals surface area contributed by atoms with Crippen LogP contribution in [0, 0.1) is 5.82 Å². The summed E-state index contributed by atoms with van der Waals surface area (Å²) in [7, 11) is 0. The van der Waals surface area contributed by atoms with Gasteiger partial charge in [-0.3, -0.25) is 4.79 Å². The van der Waals surface area contributed by atoms with Crippen molar-refractivity contribution in [2.24, 2.45) is 0 Å². The van der Waals surface area contributed by atoms with E-state index < -0.39 is 11.9 Å². The number of benzene rings is 3. The predicted octanol–water partition coefficient (Wildman–Crippen LogP) is 5.86. The first-order valence-corrected chi connectivity index (χ1v) is 8.24. The van der Waals surface area contributed by atoms with Crippen LogP contribution < -0.4 is 4.74 Å². The second kappa shape index (κ2) is 7.49. The topological polar surface area (TPSA) is 26.3 Å². The van der Waals surface area contributed by atoms with Gasteiger partial charge in [0.1, 0.15) is 11.6 Å². The minimum Gasteiger partial charge on any atom is -0.426 e. The molecule has 3 aromatic carbocycles. The SMILES string of the molecule is CC(C(=O)Oc1cccc(Cl)c1)c1ccc(-c2ccccc2)c(F)c1. The molecule has 0 fully saturated rings. The maximum Gasteiger partial charge on any atom is 0.318 e. The van der Waals surface area contributed by atoms with E-state index in [9.17, 15) is 9.18 Å². The van der Waals surface area contributed by atoms with Gasteiger partial charge >= 0.3 is 5.97 Å². The monoisotopic (exact) mass is 354 g/mol. The zero-order valence-corrected chi connectivity index (χ0v) is 14.3. The maximum atomic E-state index is 14.5. The van der Waals surface area contributed by atoms with Crippen LogP contribution in [0.3, 0.4) is 0 Å². The third-order valence-corrected chi connectivity index (χ3v) is 4.18. The highest BCUT2D eigenvalue weighted by molar-refractivity contribution is 6.30. The van der Waals surface area contributed by atoms with Crippen LogP contribution in [0.4, 0.5) is 4.39 Å². The third kappa shape index (κ3) is 4.06. The van der Waals surface area contributed by atoms with Gasteiger partial charge in [-0.1, -0.05) is 60.1 Å². The molecule has 0 heterocycles. The Morgan fingerprint density at radius 3 is 2.44 bits per heavy atom. The molecule has 0 saturated heterocycles. The number of rotatable bonds is 4. The minimum atomic E-state index is -0.599. The maximum absolute atomic E-state index is 14.5. The molecule has 0 aliphatic carbocycles. The van der Waals surface area contributed by atoms with Crippen LogP contribution >= 0.6 is 11.6 Å². The zero-order chi connectivity index (χ0) is 17.8. The molecule has 0 aromatic heterocycles. The van der Waals surface area contributed by atoms with Gasteiger partial charge < -0.3 is 4.74 Å². The largest absolute Gasteiger partial charge is 0.426 e. The van der Waals surface area contributed by atoms with Gasteiger partial charge in [0.25, 0.3) is 0 Å². The molecular formula is C21H16ClFO2. The van der Waals surface area contributed by atoms with Gasteiger partial charge in [0.15, 0.2) is 0 Å². The molecule has 1 unspecified atom stereocenters. The fourth-order valence-corrected chi connectivity index (χ4v) is 2.70. The Morgan fingerprint density at radius 1 is 1.00 bits per heavy atom. The highest BCUT2D eigenvalue weighted by Gasteiger charge is 2.19. The minimum absolute atomic E-state index is 0.366.